The van der Waals surface area contributed by atoms with E-state index in [2.05, 4.69) is 0 Å². The Kier molecular flexibility index (Phi) is 3.80. The molecule has 0 aliphatic rings. The molecule has 1 aromatic rings. The van der Waals surface area contributed by atoms with Gasteiger partial charge in [0.15, 0.2) is 0 Å². The predicted octanol–water partition coefficient (Wildman–Crippen LogP) is 2.22. The van der Waals surface area contributed by atoms with Gasteiger partial charge in [-0.1, -0.05) is 19.1 Å². The molecule has 0 spiro atoms. The molecule has 1 N–H and O–H groups in total. The summed E-state index contributed by atoms with van der Waals surface area (Å²) in [6, 6.07) is 5.25. The maximum Gasteiger partial charge on any atom is 0.228 e. The van der Waals surface area contributed by atoms with Crippen molar-refractivity contribution in [3.05, 3.63) is 45.0 Å². The molecule has 0 amide bonds. The zero-order valence-electron chi connectivity index (χ0n) is 8.93. The average molecular weight is 209 g/mol. The number of aryl methyl sites for hydroxylation is 1. The third-order valence-electron chi connectivity index (χ3n) is 2.40. The molecule has 0 radical (unpaired) electrons. The highest BCUT2D eigenvalue weighted by atomic mass is 16.6. The van der Waals surface area contributed by atoms with Crippen LogP contribution in [0.4, 0.5) is 0 Å². The van der Waals surface area contributed by atoms with Crippen molar-refractivity contribution in [3.63, 3.8) is 0 Å². The molecule has 0 bridgehead atoms. The van der Waals surface area contributed by atoms with E-state index in [9.17, 15) is 15.2 Å². The van der Waals surface area contributed by atoms with Crippen molar-refractivity contribution in [2.75, 3.05) is 0 Å². The standard InChI is InChI=1S/C11H15NO3/c1-3-11(13)10-6-9(7-12(14)15)5-4-8(10)2/h4-6,11,13H,3,7H2,1-2H3. The Morgan fingerprint density at radius 2 is 2.20 bits per heavy atom. The number of benzene rings is 1. The Hall–Kier alpha value is -1.42. The Morgan fingerprint density at radius 3 is 2.73 bits per heavy atom. The van der Waals surface area contributed by atoms with E-state index in [-0.39, 0.29) is 11.5 Å². The quantitative estimate of drug-likeness (QED) is 0.610. The summed E-state index contributed by atoms with van der Waals surface area (Å²) in [6.07, 6.45) is 0.0830. The van der Waals surface area contributed by atoms with E-state index in [1.165, 1.54) is 0 Å². The summed E-state index contributed by atoms with van der Waals surface area (Å²) in [5.74, 6) is 0. The minimum atomic E-state index is -0.531. The Morgan fingerprint density at radius 1 is 1.53 bits per heavy atom. The van der Waals surface area contributed by atoms with Gasteiger partial charge in [0.1, 0.15) is 0 Å². The van der Waals surface area contributed by atoms with Gasteiger partial charge in [0.05, 0.1) is 6.10 Å². The van der Waals surface area contributed by atoms with Crippen LogP contribution >= 0.6 is 0 Å². The van der Waals surface area contributed by atoms with Gasteiger partial charge in [-0.05, 0) is 30.5 Å². The Labute approximate surface area is 88.7 Å². The highest BCUT2D eigenvalue weighted by Gasteiger charge is 2.10. The van der Waals surface area contributed by atoms with Crippen molar-refractivity contribution >= 4 is 0 Å². The first kappa shape index (κ1) is 11.7. The van der Waals surface area contributed by atoms with Gasteiger partial charge in [-0.3, -0.25) is 10.1 Å². The van der Waals surface area contributed by atoms with Gasteiger partial charge in [0, 0.05) is 10.5 Å². The molecule has 0 aliphatic heterocycles. The van der Waals surface area contributed by atoms with Gasteiger partial charge in [0.2, 0.25) is 6.54 Å². The third-order valence-corrected chi connectivity index (χ3v) is 2.40. The summed E-state index contributed by atoms with van der Waals surface area (Å²) in [4.78, 5) is 9.98. The second-order valence-electron chi connectivity index (χ2n) is 3.61. The molecule has 1 aromatic carbocycles. The summed E-state index contributed by atoms with van der Waals surface area (Å²) < 4.78 is 0. The summed E-state index contributed by atoms with van der Waals surface area (Å²) >= 11 is 0. The maximum atomic E-state index is 10.3. The van der Waals surface area contributed by atoms with Crippen molar-refractivity contribution in [1.29, 1.82) is 0 Å². The lowest BCUT2D eigenvalue weighted by atomic mass is 9.99. The number of rotatable bonds is 4. The molecule has 15 heavy (non-hydrogen) atoms. The normalized spacial score (nSPS) is 12.5. The third kappa shape index (κ3) is 3.02. The summed E-state index contributed by atoms with van der Waals surface area (Å²) in [7, 11) is 0. The smallest absolute Gasteiger partial charge is 0.228 e. The lowest BCUT2D eigenvalue weighted by Gasteiger charge is -2.12. The van der Waals surface area contributed by atoms with Crippen molar-refractivity contribution in [2.24, 2.45) is 0 Å². The molecule has 0 saturated heterocycles. The van der Waals surface area contributed by atoms with E-state index in [4.69, 9.17) is 0 Å². The molecule has 4 nitrogen and oxygen atoms in total. The highest BCUT2D eigenvalue weighted by Crippen LogP contribution is 2.21. The fraction of sp³-hybridized carbons (Fsp3) is 0.455. The van der Waals surface area contributed by atoms with E-state index in [0.717, 1.165) is 11.1 Å². The number of nitrogens with zero attached hydrogens (tertiary/aromatic N) is 1. The van der Waals surface area contributed by atoms with E-state index in [1.54, 1.807) is 12.1 Å². The molecule has 1 atom stereocenters. The Balaban J connectivity index is 2.99. The fourth-order valence-electron chi connectivity index (χ4n) is 1.52. The van der Waals surface area contributed by atoms with Crippen LogP contribution in [-0.4, -0.2) is 10.0 Å². The number of hydrogen-bond acceptors (Lipinski definition) is 3. The molecule has 82 valence electrons. The molecule has 0 heterocycles. The number of hydrogen-bond donors (Lipinski definition) is 1. The van der Waals surface area contributed by atoms with Crippen molar-refractivity contribution in [3.8, 4) is 0 Å². The molecule has 0 fully saturated rings. The van der Waals surface area contributed by atoms with Crippen LogP contribution in [0.15, 0.2) is 18.2 Å². The maximum absolute atomic E-state index is 10.3. The molecule has 0 aromatic heterocycles. The van der Waals surface area contributed by atoms with Crippen molar-refractivity contribution in [2.45, 2.75) is 32.9 Å². The number of aliphatic hydroxyl groups is 1. The summed E-state index contributed by atoms with van der Waals surface area (Å²) in [6.45, 7) is 3.58. The average Bonchev–Trinajstić information content (AvgIpc) is 2.19. The van der Waals surface area contributed by atoms with Crippen LogP contribution in [0.5, 0.6) is 0 Å². The topological polar surface area (TPSA) is 63.4 Å². The van der Waals surface area contributed by atoms with Crippen LogP contribution in [0, 0.1) is 17.0 Å². The first-order chi connectivity index (χ1) is 7.04. The van der Waals surface area contributed by atoms with Crippen LogP contribution in [0.1, 0.15) is 36.1 Å². The van der Waals surface area contributed by atoms with Gasteiger partial charge in [-0.25, -0.2) is 0 Å². The summed E-state index contributed by atoms with van der Waals surface area (Å²) in [5, 5.41) is 20.0. The second-order valence-corrected chi connectivity index (χ2v) is 3.61. The number of aliphatic hydroxyl groups excluding tert-OH is 1. The SMILES string of the molecule is CCC(O)c1cc(C[N+](=O)[O-])ccc1C. The Bertz CT molecular complexity index is 363. The first-order valence-electron chi connectivity index (χ1n) is 4.94. The second kappa shape index (κ2) is 4.89. The lowest BCUT2D eigenvalue weighted by molar-refractivity contribution is -0.496. The first-order valence-corrected chi connectivity index (χ1v) is 4.94. The van der Waals surface area contributed by atoms with Crippen LogP contribution in [0.25, 0.3) is 0 Å². The van der Waals surface area contributed by atoms with Crippen LogP contribution in [0.2, 0.25) is 0 Å². The minimum Gasteiger partial charge on any atom is -0.388 e. The molecular formula is C11H15NO3. The zero-order valence-corrected chi connectivity index (χ0v) is 8.93. The zero-order chi connectivity index (χ0) is 11.4. The van der Waals surface area contributed by atoms with Gasteiger partial charge in [-0.15, -0.1) is 0 Å². The van der Waals surface area contributed by atoms with E-state index in [1.807, 2.05) is 19.9 Å². The molecule has 4 heteroatoms. The highest BCUT2D eigenvalue weighted by molar-refractivity contribution is 5.32. The van der Waals surface area contributed by atoms with Gasteiger partial charge in [0.25, 0.3) is 0 Å². The monoisotopic (exact) mass is 209 g/mol. The van der Waals surface area contributed by atoms with Crippen LogP contribution < -0.4 is 0 Å². The number of nitro groups is 1. The fourth-order valence-corrected chi connectivity index (χ4v) is 1.52. The molecule has 1 unspecified atom stereocenters. The predicted molar refractivity (Wildman–Crippen MR) is 57.1 cm³/mol. The van der Waals surface area contributed by atoms with Crippen LogP contribution in [0.3, 0.4) is 0 Å². The van der Waals surface area contributed by atoms with E-state index >= 15 is 0 Å². The van der Waals surface area contributed by atoms with Gasteiger partial charge < -0.3 is 5.11 Å². The van der Waals surface area contributed by atoms with Gasteiger partial charge >= 0.3 is 0 Å². The van der Waals surface area contributed by atoms with Crippen LogP contribution in [-0.2, 0) is 6.54 Å². The minimum absolute atomic E-state index is 0.191. The lowest BCUT2D eigenvalue weighted by Crippen LogP contribution is -2.03. The van der Waals surface area contributed by atoms with E-state index < -0.39 is 6.10 Å². The molecule has 0 saturated carbocycles. The van der Waals surface area contributed by atoms with E-state index in [0.29, 0.717) is 12.0 Å². The van der Waals surface area contributed by atoms with Gasteiger partial charge in [-0.2, -0.15) is 0 Å². The van der Waals surface area contributed by atoms with Crippen molar-refractivity contribution < 1.29 is 10.0 Å². The molecular weight excluding hydrogens is 194 g/mol. The molecule has 1 rings (SSSR count). The largest absolute Gasteiger partial charge is 0.388 e. The molecule has 0 aliphatic carbocycles. The van der Waals surface area contributed by atoms with Crippen molar-refractivity contribution in [1.82, 2.24) is 0 Å². The summed E-state index contributed by atoms with van der Waals surface area (Å²) in [5.41, 5.74) is 2.39.